The Morgan fingerprint density at radius 2 is 1.54 bits per heavy atom. The molecule has 7 rings (SSSR count). The maximum Gasteiger partial charge on any atom is 0.238 e. The average molecular weight is 738 g/mol. The number of aromatic hydroxyl groups is 1. The summed E-state index contributed by atoms with van der Waals surface area (Å²) >= 11 is 3.24. The molecule has 1 N–H and O–H groups in total. The lowest BCUT2D eigenvalue weighted by Crippen LogP contribution is -2.39. The van der Waals surface area contributed by atoms with E-state index in [1.165, 1.54) is 31.3 Å². The van der Waals surface area contributed by atoms with Gasteiger partial charge in [-0.15, -0.1) is 0 Å². The summed E-state index contributed by atoms with van der Waals surface area (Å²) in [6.45, 7) is 0. The van der Waals surface area contributed by atoms with Crippen LogP contribution in [0.15, 0.2) is 104 Å². The number of amides is 2. The Balaban J connectivity index is 1.23. The molecule has 0 radical (unpaired) electrons. The first-order valence-electron chi connectivity index (χ1n) is 16.0. The number of Topliss-reactive ketones (excluding diaryl/α,β-unsaturated/α-hetero) is 1. The minimum Gasteiger partial charge on any atom is -0.507 e. The molecular formula is C38H33BrN4O7. The van der Waals surface area contributed by atoms with E-state index in [0.717, 1.165) is 5.69 Å². The summed E-state index contributed by atoms with van der Waals surface area (Å²) in [6, 6.07) is 17.4. The van der Waals surface area contributed by atoms with Gasteiger partial charge in [-0.25, -0.2) is 0 Å². The lowest BCUT2D eigenvalue weighted by molar-refractivity contribution is -0.123. The number of carbonyl (C=O) groups is 4. The molecule has 1 fully saturated rings. The number of allylic oxidation sites excluding steroid dienone is 6. The molecule has 0 unspecified atom stereocenters. The third-order valence-corrected chi connectivity index (χ3v) is 10.5. The molecule has 0 saturated carbocycles. The Morgan fingerprint density at radius 3 is 2.16 bits per heavy atom. The Labute approximate surface area is 296 Å². The number of phenolic OH excluding ortho intramolecular Hbond substituents is 1. The molecule has 3 aliphatic carbocycles. The fourth-order valence-electron chi connectivity index (χ4n) is 7.56. The molecule has 3 aromatic carbocycles. The number of nitrogens with zero attached hydrogens (tertiary/aromatic N) is 4. The van der Waals surface area contributed by atoms with Gasteiger partial charge in [0, 0.05) is 60.6 Å². The molecule has 0 aromatic heterocycles. The van der Waals surface area contributed by atoms with Crippen LogP contribution in [0.25, 0.3) is 0 Å². The number of carbonyl (C=O) groups excluding carboxylic acids is 4. The molecule has 2 amide bonds. The predicted octanol–water partition coefficient (Wildman–Crippen LogP) is 6.86. The number of halogens is 1. The highest BCUT2D eigenvalue weighted by atomic mass is 79.9. The molecule has 12 heteroatoms. The largest absolute Gasteiger partial charge is 0.507 e. The van der Waals surface area contributed by atoms with Gasteiger partial charge >= 0.3 is 0 Å². The molecule has 0 spiro atoms. The zero-order valence-electron chi connectivity index (χ0n) is 27.7. The van der Waals surface area contributed by atoms with Crippen molar-refractivity contribution >= 4 is 62.1 Å². The molecule has 254 valence electrons. The summed E-state index contributed by atoms with van der Waals surface area (Å²) in [5.74, 6) is -3.99. The van der Waals surface area contributed by atoms with E-state index in [2.05, 4.69) is 26.2 Å². The van der Waals surface area contributed by atoms with Crippen LogP contribution in [0.5, 0.6) is 17.2 Å². The number of methoxy groups -OCH3 is 2. The second kappa shape index (κ2) is 12.8. The number of phenols is 1. The standard InChI is InChI=1S/C38H33BrN4O7/c1-42(2)21-9-5-19(6-10-21)40-41-20-7-11-22(12-8-20)43-37(47)25-14-13-24-26(32(25)38(43)48)17-27-33(30(45)18-28(39)36(27)46)34(24)35-29(44)15-23(49-3)16-31(35)50-4/h5-13,15-16,18,25-26,32,34,44H,14,17H2,1-4H3/t25-,26+,32-,34-/m0/s1. The van der Waals surface area contributed by atoms with Crippen LogP contribution in [0.3, 0.4) is 0 Å². The summed E-state index contributed by atoms with van der Waals surface area (Å²) in [5, 5.41) is 19.9. The van der Waals surface area contributed by atoms with Crippen molar-refractivity contribution in [3.8, 4) is 17.2 Å². The van der Waals surface area contributed by atoms with Crippen LogP contribution in [-0.2, 0) is 19.2 Å². The number of hydrogen-bond acceptors (Lipinski definition) is 10. The number of ether oxygens (including phenoxy) is 2. The molecule has 50 heavy (non-hydrogen) atoms. The first kappa shape index (κ1) is 33.2. The Kier molecular flexibility index (Phi) is 8.51. The minimum atomic E-state index is -0.889. The second-order valence-corrected chi connectivity index (χ2v) is 13.6. The first-order valence-corrected chi connectivity index (χ1v) is 16.8. The summed E-state index contributed by atoms with van der Waals surface area (Å²) in [7, 11) is 6.81. The number of benzene rings is 3. The van der Waals surface area contributed by atoms with Crippen molar-refractivity contribution in [1.29, 1.82) is 0 Å². The molecule has 1 saturated heterocycles. The summed E-state index contributed by atoms with van der Waals surface area (Å²) in [5.41, 5.74) is 4.13. The van der Waals surface area contributed by atoms with Crippen molar-refractivity contribution in [1.82, 2.24) is 0 Å². The lowest BCUT2D eigenvalue weighted by atomic mass is 9.59. The average Bonchev–Trinajstić information content (AvgIpc) is 3.37. The summed E-state index contributed by atoms with van der Waals surface area (Å²) < 4.78 is 11.1. The van der Waals surface area contributed by atoms with Crippen LogP contribution in [0.1, 0.15) is 24.3 Å². The zero-order chi connectivity index (χ0) is 35.4. The Hall–Kier alpha value is -5.36. The number of azo groups is 1. The van der Waals surface area contributed by atoms with E-state index in [-0.39, 0.29) is 68.9 Å². The van der Waals surface area contributed by atoms with Crippen molar-refractivity contribution in [2.45, 2.75) is 18.8 Å². The van der Waals surface area contributed by atoms with Gasteiger partial charge < -0.3 is 19.5 Å². The molecule has 4 atom stereocenters. The van der Waals surface area contributed by atoms with E-state index < -0.39 is 23.7 Å². The van der Waals surface area contributed by atoms with Gasteiger partial charge in [-0.3, -0.25) is 24.1 Å². The van der Waals surface area contributed by atoms with Gasteiger partial charge in [0.15, 0.2) is 11.6 Å². The Bertz CT molecular complexity index is 2080. The number of fused-ring (bicyclic) bond motifs is 3. The van der Waals surface area contributed by atoms with E-state index in [0.29, 0.717) is 28.4 Å². The van der Waals surface area contributed by atoms with Gasteiger partial charge in [0.2, 0.25) is 11.8 Å². The Morgan fingerprint density at radius 1 is 0.880 bits per heavy atom. The van der Waals surface area contributed by atoms with Crippen LogP contribution < -0.4 is 19.3 Å². The molecular weight excluding hydrogens is 704 g/mol. The quantitative estimate of drug-likeness (QED) is 0.120. The predicted molar refractivity (Wildman–Crippen MR) is 190 cm³/mol. The van der Waals surface area contributed by atoms with E-state index >= 15 is 0 Å². The number of ketones is 2. The van der Waals surface area contributed by atoms with Gasteiger partial charge in [0.05, 0.1) is 47.6 Å². The fraction of sp³-hybridized carbons (Fsp3) is 0.263. The smallest absolute Gasteiger partial charge is 0.238 e. The number of hydrogen-bond donors (Lipinski definition) is 1. The molecule has 1 heterocycles. The fourth-order valence-corrected chi connectivity index (χ4v) is 8.01. The van der Waals surface area contributed by atoms with E-state index in [1.54, 1.807) is 30.3 Å². The first-order chi connectivity index (χ1) is 24.0. The highest BCUT2D eigenvalue weighted by Crippen LogP contribution is 2.58. The van der Waals surface area contributed by atoms with Gasteiger partial charge in [-0.05, 0) is 83.2 Å². The molecule has 0 bridgehead atoms. The van der Waals surface area contributed by atoms with Crippen molar-refractivity contribution < 1.29 is 33.8 Å². The van der Waals surface area contributed by atoms with Crippen molar-refractivity contribution in [2.24, 2.45) is 28.0 Å². The van der Waals surface area contributed by atoms with Crippen LogP contribution >= 0.6 is 15.9 Å². The van der Waals surface area contributed by atoms with Crippen molar-refractivity contribution in [3.05, 3.63) is 99.6 Å². The van der Waals surface area contributed by atoms with Gasteiger partial charge in [0.25, 0.3) is 0 Å². The number of imide groups is 1. The normalized spacial score (nSPS) is 23.0. The van der Waals surface area contributed by atoms with E-state index in [9.17, 15) is 24.3 Å². The van der Waals surface area contributed by atoms with Crippen LogP contribution in [-0.4, -0.2) is 56.8 Å². The highest BCUT2D eigenvalue weighted by molar-refractivity contribution is 9.12. The lowest BCUT2D eigenvalue weighted by Gasteiger charge is -2.42. The topological polar surface area (TPSA) is 138 Å². The highest BCUT2D eigenvalue weighted by Gasteiger charge is 2.57. The van der Waals surface area contributed by atoms with Crippen LogP contribution in [0, 0.1) is 17.8 Å². The SMILES string of the molecule is COc1cc(O)c([C@H]2C3=CC[C@@H]4C(=O)N(c5ccc(N=Nc6ccc(N(C)C)cc6)cc5)C(=O)[C@@H]4[C@@H]3CC3=C2C(=O)C=C(Br)C3=O)c(OC)c1. The maximum absolute atomic E-state index is 14.3. The zero-order valence-corrected chi connectivity index (χ0v) is 29.3. The molecule has 3 aromatic rings. The monoisotopic (exact) mass is 736 g/mol. The summed E-state index contributed by atoms with van der Waals surface area (Å²) in [6.07, 6.45) is 3.46. The van der Waals surface area contributed by atoms with E-state index in [1.807, 2.05) is 49.3 Å². The van der Waals surface area contributed by atoms with Crippen molar-refractivity contribution in [3.63, 3.8) is 0 Å². The molecule has 1 aliphatic heterocycles. The van der Waals surface area contributed by atoms with Gasteiger partial charge in [0.1, 0.15) is 17.2 Å². The van der Waals surface area contributed by atoms with Crippen molar-refractivity contribution in [2.75, 3.05) is 38.1 Å². The summed E-state index contributed by atoms with van der Waals surface area (Å²) in [4.78, 5) is 58.7. The third kappa shape index (κ3) is 5.43. The van der Waals surface area contributed by atoms with E-state index in [4.69, 9.17) is 9.47 Å². The van der Waals surface area contributed by atoms with Gasteiger partial charge in [-0.2, -0.15) is 10.2 Å². The number of rotatable bonds is 7. The molecule has 4 aliphatic rings. The maximum atomic E-state index is 14.3. The molecule has 11 nitrogen and oxygen atoms in total. The van der Waals surface area contributed by atoms with Gasteiger partial charge in [-0.1, -0.05) is 11.6 Å². The third-order valence-electron chi connectivity index (χ3n) is 9.92. The van der Waals surface area contributed by atoms with Crippen LogP contribution in [0.4, 0.5) is 22.7 Å². The minimum absolute atomic E-state index is 0.0906. The number of anilines is 2. The van der Waals surface area contributed by atoms with Crippen LogP contribution in [0.2, 0.25) is 0 Å². The second-order valence-electron chi connectivity index (χ2n) is 12.8.